The molecule has 0 unspecified atom stereocenters. The number of halogens is 1. The molecule has 1 aliphatic heterocycles. The van der Waals surface area contributed by atoms with Crippen molar-refractivity contribution in [1.82, 2.24) is 10.0 Å². The van der Waals surface area contributed by atoms with Gasteiger partial charge in [-0.15, -0.1) is 0 Å². The molecule has 4 rings (SSSR count). The van der Waals surface area contributed by atoms with Crippen molar-refractivity contribution < 1.29 is 9.59 Å². The van der Waals surface area contributed by atoms with E-state index in [0.717, 1.165) is 61.2 Å². The molecule has 0 bridgehead atoms. The third kappa shape index (κ3) is 5.75. The first-order valence-electron chi connectivity index (χ1n) is 11.9. The van der Waals surface area contributed by atoms with Crippen LogP contribution in [0.2, 0.25) is 5.02 Å². The summed E-state index contributed by atoms with van der Waals surface area (Å²) in [5.74, 6) is 0.506. The van der Waals surface area contributed by atoms with Crippen molar-refractivity contribution in [3.63, 3.8) is 0 Å². The van der Waals surface area contributed by atoms with Gasteiger partial charge in [0, 0.05) is 30.7 Å². The summed E-state index contributed by atoms with van der Waals surface area (Å²) in [6, 6.07) is 21.7. The molecule has 0 N–H and O–H groups in total. The topological polar surface area (TPSA) is 40.6 Å². The number of carbonyl (C=O) groups is 2. The van der Waals surface area contributed by atoms with Crippen molar-refractivity contribution in [1.29, 1.82) is 0 Å². The molecule has 1 aliphatic rings. The van der Waals surface area contributed by atoms with Crippen LogP contribution in [0.5, 0.6) is 0 Å². The number of hydrogen-bond acceptors (Lipinski definition) is 3. The van der Waals surface area contributed by atoms with Crippen molar-refractivity contribution in [3.05, 3.63) is 94.0 Å². The molecule has 0 aliphatic carbocycles. The molecular weight excluding hydrogens is 444 g/mol. The molecular formula is C29H31ClN2O2. The van der Waals surface area contributed by atoms with Gasteiger partial charge in [0.2, 0.25) is 0 Å². The summed E-state index contributed by atoms with van der Waals surface area (Å²) < 4.78 is 0. The number of carbonyl (C=O) groups excluding carboxylic acids is 2. The first-order valence-corrected chi connectivity index (χ1v) is 12.3. The van der Waals surface area contributed by atoms with Gasteiger partial charge >= 0.3 is 0 Å². The van der Waals surface area contributed by atoms with Gasteiger partial charge in [0.25, 0.3) is 5.91 Å². The lowest BCUT2D eigenvalue weighted by atomic mass is 9.91. The first-order chi connectivity index (χ1) is 16.4. The summed E-state index contributed by atoms with van der Waals surface area (Å²) in [7, 11) is 1.80. The zero-order chi connectivity index (χ0) is 24.1. The van der Waals surface area contributed by atoms with Gasteiger partial charge in [0.1, 0.15) is 0 Å². The quantitative estimate of drug-likeness (QED) is 0.369. The summed E-state index contributed by atoms with van der Waals surface area (Å²) in [5.41, 5.74) is 5.33. The van der Waals surface area contributed by atoms with Crippen LogP contribution in [-0.4, -0.2) is 42.3 Å². The molecule has 0 saturated carbocycles. The van der Waals surface area contributed by atoms with E-state index in [9.17, 15) is 9.59 Å². The first kappa shape index (κ1) is 24.2. The fraction of sp³-hybridized carbons (Fsp3) is 0.310. The highest BCUT2D eigenvalue weighted by Gasteiger charge is 2.26. The van der Waals surface area contributed by atoms with Crippen LogP contribution in [0.1, 0.15) is 51.1 Å². The number of hydrazine groups is 1. The number of aryl methyl sites for hydroxylation is 2. The molecule has 0 radical (unpaired) electrons. The summed E-state index contributed by atoms with van der Waals surface area (Å²) in [4.78, 5) is 25.1. The summed E-state index contributed by atoms with van der Waals surface area (Å²) >= 11 is 5.98. The second kappa shape index (κ2) is 11.0. The average molecular weight is 475 g/mol. The van der Waals surface area contributed by atoms with E-state index < -0.39 is 0 Å². The normalized spacial score (nSPS) is 14.7. The smallest absolute Gasteiger partial charge is 0.268 e. The summed E-state index contributed by atoms with van der Waals surface area (Å²) in [5, 5.41) is 4.56. The van der Waals surface area contributed by atoms with Crippen LogP contribution in [0.4, 0.5) is 0 Å². The number of amides is 1. The minimum absolute atomic E-state index is 0.142. The Balaban J connectivity index is 1.36. The minimum Gasteiger partial charge on any atom is -0.298 e. The lowest BCUT2D eigenvalue weighted by Crippen LogP contribution is -2.48. The predicted molar refractivity (Wildman–Crippen MR) is 138 cm³/mol. The lowest BCUT2D eigenvalue weighted by molar-refractivity contribution is -0.0147. The Hall–Kier alpha value is -2.95. The maximum atomic E-state index is 13.3. The van der Waals surface area contributed by atoms with E-state index in [-0.39, 0.29) is 5.91 Å². The highest BCUT2D eigenvalue weighted by Crippen LogP contribution is 2.26. The van der Waals surface area contributed by atoms with E-state index in [0.29, 0.717) is 17.0 Å². The molecule has 1 fully saturated rings. The fourth-order valence-electron chi connectivity index (χ4n) is 4.61. The van der Waals surface area contributed by atoms with E-state index in [1.54, 1.807) is 18.1 Å². The Bertz CT molecular complexity index is 1130. The van der Waals surface area contributed by atoms with Crippen LogP contribution >= 0.6 is 11.6 Å². The SMILES string of the molecule is Cc1ccc(-c2ccc(C(=O)N(C)N3CCC(CCc4ccc(Cl)cc4)CC3)c(C=O)c2)cc1. The van der Waals surface area contributed by atoms with Crippen LogP contribution in [-0.2, 0) is 6.42 Å². The van der Waals surface area contributed by atoms with Crippen LogP contribution in [0.25, 0.3) is 11.1 Å². The van der Waals surface area contributed by atoms with Crippen molar-refractivity contribution in [2.75, 3.05) is 20.1 Å². The number of rotatable bonds is 7. The Morgan fingerprint density at radius 3 is 2.29 bits per heavy atom. The van der Waals surface area contributed by atoms with Gasteiger partial charge in [-0.1, -0.05) is 59.6 Å². The molecule has 4 nitrogen and oxygen atoms in total. The van der Waals surface area contributed by atoms with E-state index in [4.69, 9.17) is 11.6 Å². The molecule has 3 aromatic carbocycles. The van der Waals surface area contributed by atoms with Gasteiger partial charge in [-0.25, -0.2) is 5.01 Å². The highest BCUT2D eigenvalue weighted by atomic mass is 35.5. The molecule has 34 heavy (non-hydrogen) atoms. The maximum absolute atomic E-state index is 13.3. The van der Waals surface area contributed by atoms with Crippen LogP contribution in [0, 0.1) is 12.8 Å². The lowest BCUT2D eigenvalue weighted by Gasteiger charge is -2.38. The summed E-state index contributed by atoms with van der Waals surface area (Å²) in [6.45, 7) is 3.72. The second-order valence-corrected chi connectivity index (χ2v) is 9.61. The van der Waals surface area contributed by atoms with Crippen molar-refractivity contribution in [3.8, 4) is 11.1 Å². The summed E-state index contributed by atoms with van der Waals surface area (Å²) in [6.07, 6.45) is 5.08. The van der Waals surface area contributed by atoms with Gasteiger partial charge in [0.05, 0.1) is 5.56 Å². The Morgan fingerprint density at radius 2 is 1.65 bits per heavy atom. The zero-order valence-corrected chi connectivity index (χ0v) is 20.6. The Labute approximate surface area is 207 Å². The fourth-order valence-corrected chi connectivity index (χ4v) is 4.74. The molecule has 1 saturated heterocycles. The minimum atomic E-state index is -0.142. The zero-order valence-electron chi connectivity index (χ0n) is 19.8. The molecule has 1 heterocycles. The second-order valence-electron chi connectivity index (χ2n) is 9.18. The van der Waals surface area contributed by atoms with Crippen molar-refractivity contribution in [2.45, 2.75) is 32.6 Å². The third-order valence-corrected chi connectivity index (χ3v) is 7.11. The van der Waals surface area contributed by atoms with Gasteiger partial charge in [-0.3, -0.25) is 14.6 Å². The van der Waals surface area contributed by atoms with Gasteiger partial charge in [0.15, 0.2) is 6.29 Å². The van der Waals surface area contributed by atoms with Crippen LogP contribution < -0.4 is 0 Å². The van der Waals surface area contributed by atoms with Gasteiger partial charge in [-0.2, -0.15) is 0 Å². The van der Waals surface area contributed by atoms with E-state index in [1.165, 1.54) is 11.1 Å². The standard InChI is InChI=1S/C29H31ClN2O2/c1-21-3-9-24(10-4-21)25-11-14-28(26(19-25)20-33)29(34)31(2)32-17-15-23(16-18-32)6-5-22-7-12-27(30)13-8-22/h3-4,7-14,19-20,23H,5-6,15-18H2,1-2H3. The molecule has 3 aromatic rings. The molecule has 5 heteroatoms. The third-order valence-electron chi connectivity index (χ3n) is 6.86. The highest BCUT2D eigenvalue weighted by molar-refractivity contribution is 6.30. The molecule has 0 spiro atoms. The van der Waals surface area contributed by atoms with E-state index in [2.05, 4.69) is 17.1 Å². The van der Waals surface area contributed by atoms with Crippen molar-refractivity contribution >= 4 is 23.8 Å². The average Bonchev–Trinajstić information content (AvgIpc) is 2.88. The number of hydrogen-bond donors (Lipinski definition) is 0. The maximum Gasteiger partial charge on any atom is 0.268 e. The number of aldehydes is 1. The molecule has 1 amide bonds. The monoisotopic (exact) mass is 474 g/mol. The Morgan fingerprint density at radius 1 is 1.00 bits per heavy atom. The predicted octanol–water partition coefficient (Wildman–Crippen LogP) is 6.46. The molecule has 0 aromatic heterocycles. The Kier molecular flexibility index (Phi) is 7.81. The van der Waals surface area contributed by atoms with Crippen LogP contribution in [0.3, 0.4) is 0 Å². The van der Waals surface area contributed by atoms with E-state index in [1.807, 2.05) is 55.5 Å². The number of piperidine rings is 1. The molecule has 0 atom stereocenters. The largest absolute Gasteiger partial charge is 0.298 e. The number of benzene rings is 3. The van der Waals surface area contributed by atoms with Crippen LogP contribution in [0.15, 0.2) is 66.7 Å². The van der Waals surface area contributed by atoms with Crippen molar-refractivity contribution in [2.24, 2.45) is 5.92 Å². The number of nitrogens with zero attached hydrogens (tertiary/aromatic N) is 2. The van der Waals surface area contributed by atoms with Gasteiger partial charge in [-0.05, 0) is 79.5 Å². The van der Waals surface area contributed by atoms with Gasteiger partial charge < -0.3 is 0 Å². The molecule has 176 valence electrons. The van der Waals surface area contributed by atoms with E-state index >= 15 is 0 Å².